The van der Waals surface area contributed by atoms with Gasteiger partial charge in [0.1, 0.15) is 5.39 Å². The van der Waals surface area contributed by atoms with Crippen molar-refractivity contribution in [1.82, 2.24) is 19.7 Å². The summed E-state index contributed by atoms with van der Waals surface area (Å²) in [5.41, 5.74) is 1.40. The summed E-state index contributed by atoms with van der Waals surface area (Å²) in [5, 5.41) is 4.69. The lowest BCUT2D eigenvalue weighted by atomic mass is 10.2. The second-order valence-corrected chi connectivity index (χ2v) is 6.85. The smallest absolute Gasteiger partial charge is 0.264 e. The van der Waals surface area contributed by atoms with Crippen LogP contribution >= 0.6 is 0 Å². The van der Waals surface area contributed by atoms with Crippen LogP contribution in [0.5, 0.6) is 5.88 Å². The number of ether oxygens (including phenoxy) is 1. The zero-order chi connectivity index (χ0) is 17.3. The van der Waals surface area contributed by atoms with Crippen LogP contribution in [0.2, 0.25) is 0 Å². The summed E-state index contributed by atoms with van der Waals surface area (Å²) < 4.78 is 34.3. The SMILES string of the molecule is CCc1cccc(S(=O)(=O)Nc2nc(OC)c3cnn(C)c3n2)c1. The van der Waals surface area contributed by atoms with Gasteiger partial charge in [-0.15, -0.1) is 0 Å². The number of rotatable bonds is 5. The molecule has 2 heterocycles. The van der Waals surface area contributed by atoms with Gasteiger partial charge in [-0.05, 0) is 24.1 Å². The molecule has 0 amide bonds. The molecule has 1 aromatic carbocycles. The lowest BCUT2D eigenvalue weighted by Gasteiger charge is -2.09. The Bertz CT molecular complexity index is 998. The Morgan fingerprint density at radius 1 is 1.29 bits per heavy atom. The van der Waals surface area contributed by atoms with E-state index in [-0.39, 0.29) is 16.7 Å². The van der Waals surface area contributed by atoms with E-state index in [4.69, 9.17) is 4.74 Å². The van der Waals surface area contributed by atoms with Crippen molar-refractivity contribution in [2.45, 2.75) is 18.2 Å². The highest BCUT2D eigenvalue weighted by Gasteiger charge is 2.19. The van der Waals surface area contributed by atoms with Crippen LogP contribution in [-0.2, 0) is 23.5 Å². The van der Waals surface area contributed by atoms with E-state index in [9.17, 15) is 8.42 Å². The Morgan fingerprint density at radius 3 is 2.79 bits per heavy atom. The van der Waals surface area contributed by atoms with Gasteiger partial charge in [0.05, 0.1) is 18.2 Å². The van der Waals surface area contributed by atoms with E-state index in [1.807, 2.05) is 13.0 Å². The number of aromatic nitrogens is 4. The lowest BCUT2D eigenvalue weighted by Crippen LogP contribution is -2.16. The molecule has 0 radical (unpaired) electrons. The molecule has 2 aromatic heterocycles. The van der Waals surface area contributed by atoms with Gasteiger partial charge >= 0.3 is 0 Å². The number of fused-ring (bicyclic) bond motifs is 1. The van der Waals surface area contributed by atoms with Gasteiger partial charge in [-0.25, -0.2) is 13.1 Å². The van der Waals surface area contributed by atoms with Crippen molar-refractivity contribution in [1.29, 1.82) is 0 Å². The summed E-state index contributed by atoms with van der Waals surface area (Å²) in [6.07, 6.45) is 2.31. The van der Waals surface area contributed by atoms with Crippen LogP contribution in [0.4, 0.5) is 5.95 Å². The monoisotopic (exact) mass is 347 g/mol. The molecule has 0 bridgehead atoms. The second kappa shape index (κ2) is 6.08. The first kappa shape index (κ1) is 16.2. The van der Waals surface area contributed by atoms with E-state index in [2.05, 4.69) is 19.8 Å². The third-order valence-corrected chi connectivity index (χ3v) is 4.92. The number of hydrogen-bond donors (Lipinski definition) is 1. The molecule has 0 atom stereocenters. The Morgan fingerprint density at radius 2 is 2.08 bits per heavy atom. The van der Waals surface area contributed by atoms with E-state index < -0.39 is 10.0 Å². The molecule has 0 saturated heterocycles. The van der Waals surface area contributed by atoms with Crippen molar-refractivity contribution in [3.8, 4) is 5.88 Å². The maximum Gasteiger partial charge on any atom is 0.264 e. The van der Waals surface area contributed by atoms with Gasteiger partial charge in [-0.1, -0.05) is 19.1 Å². The lowest BCUT2D eigenvalue weighted by molar-refractivity contribution is 0.403. The van der Waals surface area contributed by atoms with Crippen molar-refractivity contribution < 1.29 is 13.2 Å². The quantitative estimate of drug-likeness (QED) is 0.755. The van der Waals surface area contributed by atoms with Crippen molar-refractivity contribution in [3.63, 3.8) is 0 Å². The first-order valence-electron chi connectivity index (χ1n) is 7.30. The molecule has 0 fully saturated rings. The third-order valence-electron chi connectivity index (χ3n) is 3.59. The summed E-state index contributed by atoms with van der Waals surface area (Å²) in [7, 11) is -0.633. The molecule has 24 heavy (non-hydrogen) atoms. The van der Waals surface area contributed by atoms with Gasteiger partial charge in [-0.2, -0.15) is 15.1 Å². The van der Waals surface area contributed by atoms with Crippen LogP contribution in [-0.4, -0.2) is 35.3 Å². The van der Waals surface area contributed by atoms with E-state index in [0.29, 0.717) is 11.0 Å². The molecule has 0 aliphatic rings. The van der Waals surface area contributed by atoms with Crippen LogP contribution in [0.3, 0.4) is 0 Å². The minimum atomic E-state index is -3.80. The molecule has 0 saturated carbocycles. The first-order valence-corrected chi connectivity index (χ1v) is 8.78. The number of hydrogen-bond acceptors (Lipinski definition) is 6. The highest BCUT2D eigenvalue weighted by atomic mass is 32.2. The zero-order valence-corrected chi connectivity index (χ0v) is 14.3. The number of anilines is 1. The van der Waals surface area contributed by atoms with Crippen LogP contribution in [0.15, 0.2) is 35.4 Å². The average Bonchev–Trinajstić information content (AvgIpc) is 2.95. The summed E-state index contributed by atoms with van der Waals surface area (Å²) in [4.78, 5) is 8.49. The van der Waals surface area contributed by atoms with E-state index >= 15 is 0 Å². The molecular weight excluding hydrogens is 330 g/mol. The number of sulfonamides is 1. The molecule has 0 aliphatic heterocycles. The Kier molecular flexibility index (Phi) is 4.10. The van der Waals surface area contributed by atoms with Crippen LogP contribution in [0, 0.1) is 0 Å². The van der Waals surface area contributed by atoms with Crippen molar-refractivity contribution >= 4 is 27.0 Å². The third kappa shape index (κ3) is 2.90. The van der Waals surface area contributed by atoms with Gasteiger partial charge in [0, 0.05) is 7.05 Å². The minimum Gasteiger partial charge on any atom is -0.480 e. The van der Waals surface area contributed by atoms with Gasteiger partial charge in [0.15, 0.2) is 5.65 Å². The maximum absolute atomic E-state index is 12.6. The van der Waals surface area contributed by atoms with Gasteiger partial charge < -0.3 is 4.74 Å². The number of nitrogens with one attached hydrogen (secondary N) is 1. The van der Waals surface area contributed by atoms with Crippen molar-refractivity contribution in [2.75, 3.05) is 11.8 Å². The molecule has 126 valence electrons. The summed E-state index contributed by atoms with van der Waals surface area (Å²) in [6.45, 7) is 1.96. The Balaban J connectivity index is 2.03. The van der Waals surface area contributed by atoms with Crippen LogP contribution < -0.4 is 9.46 Å². The molecule has 3 rings (SSSR count). The Hall–Kier alpha value is -2.68. The molecule has 1 N–H and O–H groups in total. The predicted molar refractivity (Wildman–Crippen MR) is 89.5 cm³/mol. The minimum absolute atomic E-state index is 0.0650. The normalized spacial score (nSPS) is 11.6. The molecule has 0 spiro atoms. The number of nitrogens with zero attached hydrogens (tertiary/aromatic N) is 4. The predicted octanol–water partition coefficient (Wildman–Crippen LogP) is 1.74. The summed E-state index contributed by atoms with van der Waals surface area (Å²) in [5.74, 6) is 0.193. The van der Waals surface area contributed by atoms with Crippen LogP contribution in [0.1, 0.15) is 12.5 Å². The standard InChI is InChI=1S/C15H17N5O3S/c1-4-10-6-5-7-11(8-10)24(21,22)19-15-17-13-12(9-16-20(13)2)14(18-15)23-3/h5-9H,4H2,1-3H3,(H,17,18,19). The highest BCUT2D eigenvalue weighted by Crippen LogP contribution is 2.24. The van der Waals surface area contributed by atoms with Crippen molar-refractivity contribution in [3.05, 3.63) is 36.0 Å². The van der Waals surface area contributed by atoms with E-state index in [1.54, 1.807) is 25.4 Å². The van der Waals surface area contributed by atoms with E-state index in [0.717, 1.165) is 12.0 Å². The zero-order valence-electron chi connectivity index (χ0n) is 13.5. The molecular formula is C15H17N5O3S. The summed E-state index contributed by atoms with van der Waals surface area (Å²) in [6, 6.07) is 6.74. The first-order chi connectivity index (χ1) is 11.4. The average molecular weight is 347 g/mol. The molecule has 9 heteroatoms. The topological polar surface area (TPSA) is 99.0 Å². The molecule has 3 aromatic rings. The van der Waals surface area contributed by atoms with Crippen LogP contribution in [0.25, 0.3) is 11.0 Å². The van der Waals surface area contributed by atoms with E-state index in [1.165, 1.54) is 17.9 Å². The summed E-state index contributed by atoms with van der Waals surface area (Å²) >= 11 is 0. The highest BCUT2D eigenvalue weighted by molar-refractivity contribution is 7.92. The van der Waals surface area contributed by atoms with Crippen molar-refractivity contribution in [2.24, 2.45) is 7.05 Å². The number of methoxy groups -OCH3 is 1. The number of aryl methyl sites for hydroxylation is 2. The van der Waals surface area contributed by atoms with Gasteiger partial charge in [0.25, 0.3) is 10.0 Å². The number of benzene rings is 1. The largest absolute Gasteiger partial charge is 0.480 e. The van der Waals surface area contributed by atoms with Gasteiger partial charge in [-0.3, -0.25) is 4.68 Å². The molecule has 8 nitrogen and oxygen atoms in total. The fourth-order valence-electron chi connectivity index (χ4n) is 2.31. The second-order valence-electron chi connectivity index (χ2n) is 5.17. The molecule has 0 unspecified atom stereocenters. The van der Waals surface area contributed by atoms with Gasteiger partial charge in [0.2, 0.25) is 11.8 Å². The fourth-order valence-corrected chi connectivity index (χ4v) is 3.32. The molecule has 0 aliphatic carbocycles. The maximum atomic E-state index is 12.6. The Labute approximate surface area is 139 Å². The fraction of sp³-hybridized carbons (Fsp3) is 0.267.